The summed E-state index contributed by atoms with van der Waals surface area (Å²) in [5.41, 5.74) is 3.00. The number of pyridine rings is 1. The molecule has 1 aromatic heterocycles. The van der Waals surface area contributed by atoms with Crippen LogP contribution in [0.4, 0.5) is 0 Å². The van der Waals surface area contributed by atoms with E-state index in [1.807, 2.05) is 6.20 Å². The van der Waals surface area contributed by atoms with E-state index in [1.54, 1.807) is 0 Å². The minimum absolute atomic E-state index is 0.527. The van der Waals surface area contributed by atoms with E-state index >= 15 is 0 Å². The fraction of sp³-hybridized carbons (Fsp3) is 0.706. The van der Waals surface area contributed by atoms with E-state index in [0.29, 0.717) is 5.41 Å². The highest BCUT2D eigenvalue weighted by Crippen LogP contribution is 2.30. The fourth-order valence-corrected chi connectivity index (χ4v) is 2.61. The fourth-order valence-electron chi connectivity index (χ4n) is 2.61. The topological polar surface area (TPSA) is 28.2 Å². The summed E-state index contributed by atoms with van der Waals surface area (Å²) in [5, 5.41) is 3.41. The minimum atomic E-state index is 0.527. The largest absolute Gasteiger partial charge is 0.313 e. The molecule has 1 fully saturated rings. The van der Waals surface area contributed by atoms with Crippen molar-refractivity contribution in [3.63, 3.8) is 0 Å². The zero-order valence-electron chi connectivity index (χ0n) is 13.3. The molecule has 2 rings (SSSR count). The second-order valence-electron chi connectivity index (χ2n) is 6.77. The number of nitrogens with zero attached hydrogens (tertiary/aromatic N) is 2. The maximum Gasteiger partial charge on any atom is 0.0544 e. The van der Waals surface area contributed by atoms with Crippen molar-refractivity contribution in [1.82, 2.24) is 15.2 Å². The van der Waals surface area contributed by atoms with Crippen LogP contribution in [0.3, 0.4) is 0 Å². The summed E-state index contributed by atoms with van der Waals surface area (Å²) in [7, 11) is 0. The molecule has 0 aliphatic carbocycles. The lowest BCUT2D eigenvalue weighted by Crippen LogP contribution is -2.36. The van der Waals surface area contributed by atoms with Crippen molar-refractivity contribution in [3.8, 4) is 0 Å². The van der Waals surface area contributed by atoms with E-state index in [2.05, 4.69) is 48.1 Å². The third kappa shape index (κ3) is 4.88. The Bertz CT molecular complexity index is 387. The van der Waals surface area contributed by atoms with Crippen molar-refractivity contribution < 1.29 is 0 Å². The molecule has 112 valence electrons. The van der Waals surface area contributed by atoms with E-state index in [0.717, 1.165) is 19.6 Å². The number of piperidine rings is 1. The lowest BCUT2D eigenvalue weighted by atomic mass is 9.83. The molecule has 0 amide bonds. The molecule has 0 atom stereocenters. The maximum atomic E-state index is 4.61. The molecular formula is C17H29N3. The van der Waals surface area contributed by atoms with Crippen LogP contribution in [-0.4, -0.2) is 29.5 Å². The van der Waals surface area contributed by atoms with Crippen LogP contribution < -0.4 is 5.32 Å². The van der Waals surface area contributed by atoms with Crippen LogP contribution in [0, 0.1) is 5.41 Å². The molecule has 0 unspecified atom stereocenters. The summed E-state index contributed by atoms with van der Waals surface area (Å²) < 4.78 is 0. The van der Waals surface area contributed by atoms with Crippen LogP contribution in [0.25, 0.3) is 0 Å². The van der Waals surface area contributed by atoms with E-state index in [9.17, 15) is 0 Å². The summed E-state index contributed by atoms with van der Waals surface area (Å²) >= 11 is 0. The number of aromatic nitrogens is 1. The summed E-state index contributed by atoms with van der Waals surface area (Å²) in [6.07, 6.45) is 5.79. The van der Waals surface area contributed by atoms with Gasteiger partial charge in [-0.25, -0.2) is 0 Å². The molecule has 3 heteroatoms. The predicted octanol–water partition coefficient (Wildman–Crippen LogP) is 3.20. The van der Waals surface area contributed by atoms with Gasteiger partial charge < -0.3 is 5.32 Å². The molecular weight excluding hydrogens is 246 g/mol. The minimum Gasteiger partial charge on any atom is -0.313 e. The second-order valence-corrected chi connectivity index (χ2v) is 6.77. The summed E-state index contributed by atoms with van der Waals surface area (Å²) in [6, 6.07) is 4.39. The smallest absolute Gasteiger partial charge is 0.0544 e. The Morgan fingerprint density at radius 3 is 2.60 bits per heavy atom. The van der Waals surface area contributed by atoms with Crippen LogP contribution in [0.2, 0.25) is 0 Å². The van der Waals surface area contributed by atoms with Crippen LogP contribution in [-0.2, 0) is 13.1 Å². The molecule has 0 spiro atoms. The van der Waals surface area contributed by atoms with Crippen molar-refractivity contribution in [2.24, 2.45) is 5.41 Å². The number of hydrogen-bond donors (Lipinski definition) is 1. The van der Waals surface area contributed by atoms with E-state index in [4.69, 9.17) is 0 Å². The molecule has 2 heterocycles. The van der Waals surface area contributed by atoms with Gasteiger partial charge in [-0.05, 0) is 55.9 Å². The first-order valence-electron chi connectivity index (χ1n) is 7.96. The maximum absolute atomic E-state index is 4.61. The van der Waals surface area contributed by atoms with Crippen LogP contribution in [0.15, 0.2) is 18.3 Å². The Morgan fingerprint density at radius 2 is 2.00 bits per heavy atom. The molecule has 3 nitrogen and oxygen atoms in total. The van der Waals surface area contributed by atoms with E-state index in [-0.39, 0.29) is 0 Å². The Labute approximate surface area is 123 Å². The molecule has 0 radical (unpaired) electrons. The summed E-state index contributed by atoms with van der Waals surface area (Å²) in [6.45, 7) is 12.3. The number of nitrogens with one attached hydrogen (secondary N) is 1. The quantitative estimate of drug-likeness (QED) is 0.808. The van der Waals surface area contributed by atoms with Gasteiger partial charge in [-0.2, -0.15) is 0 Å². The molecule has 0 bridgehead atoms. The van der Waals surface area contributed by atoms with E-state index in [1.165, 1.54) is 43.6 Å². The molecule has 1 aromatic rings. The van der Waals surface area contributed by atoms with Gasteiger partial charge in [0.1, 0.15) is 0 Å². The van der Waals surface area contributed by atoms with Crippen LogP contribution >= 0.6 is 0 Å². The van der Waals surface area contributed by atoms with Crippen molar-refractivity contribution in [3.05, 3.63) is 29.6 Å². The highest BCUT2D eigenvalue weighted by Gasteiger charge is 2.25. The first-order valence-corrected chi connectivity index (χ1v) is 7.96. The average Bonchev–Trinajstić information content (AvgIpc) is 2.43. The van der Waals surface area contributed by atoms with Crippen molar-refractivity contribution in [2.75, 3.05) is 19.6 Å². The zero-order chi connectivity index (χ0) is 14.4. The second kappa shape index (κ2) is 7.19. The van der Waals surface area contributed by atoms with Gasteiger partial charge in [-0.15, -0.1) is 0 Å². The van der Waals surface area contributed by atoms with Gasteiger partial charge in [-0.3, -0.25) is 9.88 Å². The standard InChI is InChI=1S/C17H29N3/c1-4-9-18-12-15-5-6-16(19-13-15)14-20-10-7-17(2,3)8-11-20/h5-6,13,18H,4,7-12,14H2,1-3H3. The van der Waals surface area contributed by atoms with Gasteiger partial charge in [0.25, 0.3) is 0 Å². The molecule has 1 aliphatic heterocycles. The Hall–Kier alpha value is -0.930. The van der Waals surface area contributed by atoms with Gasteiger partial charge in [-0.1, -0.05) is 26.8 Å². The summed E-state index contributed by atoms with van der Waals surface area (Å²) in [4.78, 5) is 7.14. The Kier molecular flexibility index (Phi) is 5.55. The number of likely N-dealkylation sites (tertiary alicyclic amines) is 1. The van der Waals surface area contributed by atoms with Crippen molar-refractivity contribution in [1.29, 1.82) is 0 Å². The van der Waals surface area contributed by atoms with Gasteiger partial charge >= 0.3 is 0 Å². The normalized spacial score (nSPS) is 19.1. The van der Waals surface area contributed by atoms with Crippen LogP contribution in [0.1, 0.15) is 51.3 Å². The SMILES string of the molecule is CCCNCc1ccc(CN2CCC(C)(C)CC2)nc1. The molecule has 0 saturated carbocycles. The van der Waals surface area contributed by atoms with Crippen molar-refractivity contribution in [2.45, 2.75) is 53.1 Å². The third-order valence-corrected chi connectivity index (χ3v) is 4.24. The third-order valence-electron chi connectivity index (χ3n) is 4.24. The Balaban J connectivity index is 1.79. The van der Waals surface area contributed by atoms with E-state index < -0.39 is 0 Å². The lowest BCUT2D eigenvalue weighted by Gasteiger charge is -2.36. The Morgan fingerprint density at radius 1 is 1.25 bits per heavy atom. The van der Waals surface area contributed by atoms with Gasteiger partial charge in [0.2, 0.25) is 0 Å². The molecule has 1 aliphatic rings. The molecule has 20 heavy (non-hydrogen) atoms. The average molecular weight is 275 g/mol. The molecule has 0 aromatic carbocycles. The number of hydrogen-bond acceptors (Lipinski definition) is 3. The first kappa shape index (κ1) is 15.5. The zero-order valence-corrected chi connectivity index (χ0v) is 13.3. The van der Waals surface area contributed by atoms with Gasteiger partial charge in [0.15, 0.2) is 0 Å². The first-order chi connectivity index (χ1) is 9.59. The lowest BCUT2D eigenvalue weighted by molar-refractivity contribution is 0.126. The molecule has 1 N–H and O–H groups in total. The predicted molar refractivity (Wildman–Crippen MR) is 84.5 cm³/mol. The van der Waals surface area contributed by atoms with Crippen LogP contribution in [0.5, 0.6) is 0 Å². The highest BCUT2D eigenvalue weighted by atomic mass is 15.1. The van der Waals surface area contributed by atoms with Gasteiger partial charge in [0, 0.05) is 19.3 Å². The summed E-state index contributed by atoms with van der Waals surface area (Å²) in [5.74, 6) is 0. The highest BCUT2D eigenvalue weighted by molar-refractivity contribution is 5.14. The molecule has 1 saturated heterocycles. The van der Waals surface area contributed by atoms with Gasteiger partial charge in [0.05, 0.1) is 5.69 Å². The monoisotopic (exact) mass is 275 g/mol. The number of rotatable bonds is 6. The van der Waals surface area contributed by atoms with Crippen molar-refractivity contribution >= 4 is 0 Å².